The van der Waals surface area contributed by atoms with E-state index in [4.69, 9.17) is 0 Å². The van der Waals surface area contributed by atoms with Crippen LogP contribution in [0.5, 0.6) is 0 Å². The number of halogens is 1. The number of fused-ring (bicyclic) bond motifs is 2. The quantitative estimate of drug-likeness (QED) is 0.858. The van der Waals surface area contributed by atoms with Gasteiger partial charge in [0.05, 0.1) is 5.92 Å². The second kappa shape index (κ2) is 5.88. The van der Waals surface area contributed by atoms with Gasteiger partial charge in [0.2, 0.25) is 0 Å². The molecule has 1 aromatic carbocycles. The van der Waals surface area contributed by atoms with Crippen LogP contribution in [0, 0.1) is 23.7 Å². The third-order valence-corrected chi connectivity index (χ3v) is 6.02. The van der Waals surface area contributed by atoms with Gasteiger partial charge in [0.15, 0.2) is 0 Å². The van der Waals surface area contributed by atoms with E-state index < -0.39 is 5.97 Å². The summed E-state index contributed by atoms with van der Waals surface area (Å²) >= 11 is 3.53. The molecule has 2 aliphatic carbocycles. The molecular weight excluding hydrogens is 316 g/mol. The van der Waals surface area contributed by atoms with Crippen molar-refractivity contribution >= 4 is 21.9 Å². The van der Waals surface area contributed by atoms with E-state index in [1.165, 1.54) is 25.7 Å². The predicted molar refractivity (Wildman–Crippen MR) is 82.5 cm³/mol. The molecule has 4 atom stereocenters. The van der Waals surface area contributed by atoms with Gasteiger partial charge in [0.1, 0.15) is 0 Å². The lowest BCUT2D eigenvalue weighted by molar-refractivity contribution is -0.142. The second-order valence-electron chi connectivity index (χ2n) is 6.50. The Balaban J connectivity index is 1.67. The van der Waals surface area contributed by atoms with Crippen LogP contribution in [0.3, 0.4) is 0 Å². The first-order valence-corrected chi connectivity index (χ1v) is 8.39. The summed E-state index contributed by atoms with van der Waals surface area (Å²) in [6.07, 6.45) is 6.83. The summed E-state index contributed by atoms with van der Waals surface area (Å²) in [4.78, 5) is 11.6. The molecule has 2 fully saturated rings. The van der Waals surface area contributed by atoms with Crippen LogP contribution in [-0.2, 0) is 11.2 Å². The SMILES string of the molecule is O=C(O)C(Cc1ccccc1Br)CC1CC2CCC1C2. The fourth-order valence-corrected chi connectivity index (χ4v) is 4.68. The monoisotopic (exact) mass is 336 g/mol. The van der Waals surface area contributed by atoms with Crippen molar-refractivity contribution in [2.24, 2.45) is 23.7 Å². The highest BCUT2D eigenvalue weighted by molar-refractivity contribution is 9.10. The second-order valence-corrected chi connectivity index (χ2v) is 7.36. The summed E-state index contributed by atoms with van der Waals surface area (Å²) < 4.78 is 1.03. The van der Waals surface area contributed by atoms with E-state index in [0.717, 1.165) is 28.3 Å². The summed E-state index contributed by atoms with van der Waals surface area (Å²) in [6.45, 7) is 0. The first kappa shape index (κ1) is 14.1. The highest BCUT2D eigenvalue weighted by atomic mass is 79.9. The van der Waals surface area contributed by atoms with E-state index in [2.05, 4.69) is 15.9 Å². The third kappa shape index (κ3) is 2.93. The summed E-state index contributed by atoms with van der Waals surface area (Å²) in [5, 5.41) is 9.54. The summed E-state index contributed by atoms with van der Waals surface area (Å²) in [6, 6.07) is 7.97. The zero-order chi connectivity index (χ0) is 14.1. The molecule has 0 aromatic heterocycles. The van der Waals surface area contributed by atoms with Gasteiger partial charge >= 0.3 is 5.97 Å². The molecule has 0 saturated heterocycles. The minimum absolute atomic E-state index is 0.238. The molecule has 2 nitrogen and oxygen atoms in total. The Hall–Kier alpha value is -0.830. The van der Waals surface area contributed by atoms with E-state index in [9.17, 15) is 9.90 Å². The Morgan fingerprint density at radius 3 is 2.70 bits per heavy atom. The Bertz CT molecular complexity index is 500. The molecule has 4 unspecified atom stereocenters. The van der Waals surface area contributed by atoms with Crippen molar-refractivity contribution in [3.63, 3.8) is 0 Å². The molecule has 1 N–H and O–H groups in total. The summed E-state index contributed by atoms with van der Waals surface area (Å²) in [7, 11) is 0. The molecule has 1 aromatic rings. The molecule has 2 bridgehead atoms. The number of carboxylic acid groups (broad SMARTS) is 1. The van der Waals surface area contributed by atoms with Gasteiger partial charge < -0.3 is 5.11 Å². The van der Waals surface area contributed by atoms with Crippen LogP contribution in [0.4, 0.5) is 0 Å². The van der Waals surface area contributed by atoms with Gasteiger partial charge in [-0.25, -0.2) is 0 Å². The molecule has 0 spiro atoms. The van der Waals surface area contributed by atoms with Gasteiger partial charge in [0.25, 0.3) is 0 Å². The zero-order valence-corrected chi connectivity index (χ0v) is 13.2. The maximum Gasteiger partial charge on any atom is 0.306 e. The number of aliphatic carboxylic acids is 1. The van der Waals surface area contributed by atoms with Gasteiger partial charge in [0, 0.05) is 4.47 Å². The number of hydrogen-bond donors (Lipinski definition) is 1. The average molecular weight is 337 g/mol. The number of rotatable bonds is 5. The van der Waals surface area contributed by atoms with Crippen molar-refractivity contribution < 1.29 is 9.90 Å². The predicted octanol–water partition coefficient (Wildman–Crippen LogP) is 4.52. The van der Waals surface area contributed by atoms with E-state index in [1.807, 2.05) is 24.3 Å². The van der Waals surface area contributed by atoms with E-state index in [1.54, 1.807) is 0 Å². The van der Waals surface area contributed by atoms with Gasteiger partial charge in [-0.3, -0.25) is 4.79 Å². The van der Waals surface area contributed by atoms with Crippen LogP contribution in [0.2, 0.25) is 0 Å². The molecule has 3 heteroatoms. The van der Waals surface area contributed by atoms with Gasteiger partial charge in [-0.1, -0.05) is 40.5 Å². The van der Waals surface area contributed by atoms with E-state index in [-0.39, 0.29) is 5.92 Å². The minimum Gasteiger partial charge on any atom is -0.481 e. The molecule has 2 saturated carbocycles. The normalized spacial score (nSPS) is 29.6. The average Bonchev–Trinajstić information content (AvgIpc) is 3.02. The third-order valence-electron chi connectivity index (χ3n) is 5.25. The van der Waals surface area contributed by atoms with E-state index in [0.29, 0.717) is 12.3 Å². The van der Waals surface area contributed by atoms with Crippen LogP contribution < -0.4 is 0 Å². The number of carboxylic acids is 1. The van der Waals surface area contributed by atoms with Crippen LogP contribution >= 0.6 is 15.9 Å². The summed E-state index contributed by atoms with van der Waals surface area (Å²) in [5.74, 6) is 1.47. The Morgan fingerprint density at radius 2 is 2.10 bits per heavy atom. The van der Waals surface area contributed by atoms with Crippen LogP contribution in [0.15, 0.2) is 28.7 Å². The molecule has 0 amide bonds. The first-order valence-electron chi connectivity index (χ1n) is 7.59. The molecule has 108 valence electrons. The molecule has 0 aliphatic heterocycles. The van der Waals surface area contributed by atoms with Crippen LogP contribution in [0.25, 0.3) is 0 Å². The van der Waals surface area contributed by atoms with Crippen LogP contribution in [0.1, 0.15) is 37.7 Å². The van der Waals surface area contributed by atoms with Crippen molar-refractivity contribution in [1.29, 1.82) is 0 Å². The summed E-state index contributed by atoms with van der Waals surface area (Å²) in [5.41, 5.74) is 1.11. The first-order chi connectivity index (χ1) is 9.63. The fraction of sp³-hybridized carbons (Fsp3) is 0.588. The molecular formula is C17H21BrO2. The van der Waals surface area contributed by atoms with Crippen molar-refractivity contribution in [3.05, 3.63) is 34.3 Å². The lowest BCUT2D eigenvalue weighted by Gasteiger charge is -2.25. The smallest absolute Gasteiger partial charge is 0.306 e. The van der Waals surface area contributed by atoms with Gasteiger partial charge in [-0.15, -0.1) is 0 Å². The van der Waals surface area contributed by atoms with Crippen molar-refractivity contribution in [2.45, 2.75) is 38.5 Å². The fourth-order valence-electron chi connectivity index (χ4n) is 4.23. The highest BCUT2D eigenvalue weighted by Crippen LogP contribution is 2.50. The van der Waals surface area contributed by atoms with Crippen molar-refractivity contribution in [3.8, 4) is 0 Å². The highest BCUT2D eigenvalue weighted by Gasteiger charge is 2.41. The Kier molecular flexibility index (Phi) is 4.16. The number of benzene rings is 1. The van der Waals surface area contributed by atoms with Crippen molar-refractivity contribution in [2.75, 3.05) is 0 Å². The lowest BCUT2D eigenvalue weighted by Crippen LogP contribution is -2.23. The largest absolute Gasteiger partial charge is 0.481 e. The Labute approximate surface area is 128 Å². The number of carbonyl (C=O) groups is 1. The topological polar surface area (TPSA) is 37.3 Å². The van der Waals surface area contributed by atoms with Crippen LogP contribution in [-0.4, -0.2) is 11.1 Å². The zero-order valence-electron chi connectivity index (χ0n) is 11.6. The molecule has 0 heterocycles. The molecule has 20 heavy (non-hydrogen) atoms. The van der Waals surface area contributed by atoms with Crippen molar-refractivity contribution in [1.82, 2.24) is 0 Å². The maximum absolute atomic E-state index is 11.6. The standard InChI is InChI=1S/C17H21BrO2/c18-16-4-2-1-3-13(16)9-15(17(19)20)10-14-8-11-5-6-12(14)7-11/h1-4,11-12,14-15H,5-10H2,(H,19,20). The molecule has 0 radical (unpaired) electrons. The lowest BCUT2D eigenvalue weighted by atomic mass is 9.80. The van der Waals surface area contributed by atoms with Gasteiger partial charge in [-0.2, -0.15) is 0 Å². The molecule has 2 aliphatic rings. The number of hydrogen-bond acceptors (Lipinski definition) is 1. The molecule has 3 rings (SSSR count). The minimum atomic E-state index is -0.636. The van der Waals surface area contributed by atoms with E-state index >= 15 is 0 Å². The Morgan fingerprint density at radius 1 is 1.30 bits per heavy atom. The van der Waals surface area contributed by atoms with Gasteiger partial charge in [-0.05, 0) is 61.5 Å². The maximum atomic E-state index is 11.6.